The van der Waals surface area contributed by atoms with E-state index in [1.54, 1.807) is 24.3 Å². The zero-order valence-corrected chi connectivity index (χ0v) is 10.6. The number of carbonyl (C=O) groups is 1. The number of benzene rings is 2. The van der Waals surface area contributed by atoms with E-state index in [-0.39, 0.29) is 5.78 Å². The van der Waals surface area contributed by atoms with Gasteiger partial charge in [0.25, 0.3) is 0 Å². The first-order valence-electron chi connectivity index (χ1n) is 6.25. The fourth-order valence-corrected chi connectivity index (χ4v) is 1.97. The summed E-state index contributed by atoms with van der Waals surface area (Å²) in [5.74, 6) is -0.330. The van der Waals surface area contributed by atoms with E-state index in [1.807, 2.05) is 36.4 Å². The van der Waals surface area contributed by atoms with Crippen molar-refractivity contribution < 1.29 is 9.90 Å². The molecule has 0 aliphatic rings. The van der Waals surface area contributed by atoms with Crippen molar-refractivity contribution in [3.63, 3.8) is 0 Å². The summed E-state index contributed by atoms with van der Waals surface area (Å²) in [5, 5.41) is 10.0. The van der Waals surface area contributed by atoms with Crippen molar-refractivity contribution in [3.8, 4) is 0 Å². The quantitative estimate of drug-likeness (QED) is 0.801. The number of aliphatic hydroxyl groups excluding tert-OH is 1. The zero-order chi connectivity index (χ0) is 13.7. The monoisotopic (exact) mass is 255 g/mol. The third-order valence-corrected chi connectivity index (χ3v) is 3.05. The average molecular weight is 255 g/mol. The predicted octanol–water partition coefficient (Wildman–Crippen LogP) is 1.80. The lowest BCUT2D eigenvalue weighted by Gasteiger charge is -2.17. The highest BCUT2D eigenvalue weighted by Gasteiger charge is 2.23. The summed E-state index contributed by atoms with van der Waals surface area (Å²) in [7, 11) is 0. The molecule has 3 N–H and O–H groups in total. The lowest BCUT2D eigenvalue weighted by molar-refractivity contribution is 0.0694. The van der Waals surface area contributed by atoms with Gasteiger partial charge in [-0.1, -0.05) is 60.7 Å². The Morgan fingerprint density at radius 1 is 1.00 bits per heavy atom. The minimum absolute atomic E-state index is 0.330. The highest BCUT2D eigenvalue weighted by molar-refractivity contribution is 5.99. The average Bonchev–Trinajstić information content (AvgIpc) is 2.47. The van der Waals surface area contributed by atoms with E-state index in [1.165, 1.54) is 0 Å². The van der Waals surface area contributed by atoms with Crippen LogP contribution in [-0.4, -0.2) is 23.0 Å². The van der Waals surface area contributed by atoms with E-state index in [4.69, 9.17) is 5.73 Å². The molecule has 0 aromatic heterocycles. The maximum absolute atomic E-state index is 12.0. The number of hydrogen-bond acceptors (Lipinski definition) is 3. The van der Waals surface area contributed by atoms with Crippen LogP contribution in [0.1, 0.15) is 15.9 Å². The van der Waals surface area contributed by atoms with Crippen molar-refractivity contribution in [1.29, 1.82) is 0 Å². The van der Waals surface area contributed by atoms with E-state index in [0.29, 0.717) is 12.0 Å². The molecule has 0 heterocycles. The fourth-order valence-electron chi connectivity index (χ4n) is 1.97. The first-order valence-corrected chi connectivity index (χ1v) is 6.25. The van der Waals surface area contributed by atoms with Gasteiger partial charge in [-0.3, -0.25) is 4.79 Å². The van der Waals surface area contributed by atoms with Crippen molar-refractivity contribution >= 4 is 5.78 Å². The molecule has 0 aliphatic heterocycles. The van der Waals surface area contributed by atoms with Gasteiger partial charge in [0.15, 0.2) is 5.78 Å². The number of Topliss-reactive ketones (excluding diaryl/α,β-unsaturated/α-hetero) is 1. The van der Waals surface area contributed by atoms with Crippen LogP contribution in [0.5, 0.6) is 0 Å². The van der Waals surface area contributed by atoms with Gasteiger partial charge in [0.05, 0.1) is 0 Å². The maximum Gasteiger partial charge on any atom is 0.192 e. The van der Waals surface area contributed by atoms with Gasteiger partial charge in [-0.05, 0) is 12.0 Å². The van der Waals surface area contributed by atoms with Crippen LogP contribution in [0.4, 0.5) is 0 Å². The number of nitrogens with two attached hydrogens (primary N) is 1. The molecular weight excluding hydrogens is 238 g/mol. The zero-order valence-electron chi connectivity index (χ0n) is 10.6. The van der Waals surface area contributed by atoms with Gasteiger partial charge in [0.1, 0.15) is 6.10 Å². The van der Waals surface area contributed by atoms with E-state index in [9.17, 15) is 9.90 Å². The van der Waals surface area contributed by atoms with E-state index in [0.717, 1.165) is 5.56 Å². The molecule has 0 fully saturated rings. The molecule has 2 atom stereocenters. The molecule has 0 radical (unpaired) electrons. The van der Waals surface area contributed by atoms with Gasteiger partial charge in [-0.25, -0.2) is 0 Å². The smallest absolute Gasteiger partial charge is 0.192 e. The molecule has 3 nitrogen and oxygen atoms in total. The molecule has 0 bridgehead atoms. The molecular formula is C16H17NO2. The predicted molar refractivity (Wildman–Crippen MR) is 74.9 cm³/mol. The van der Waals surface area contributed by atoms with Gasteiger partial charge in [0.2, 0.25) is 0 Å². The van der Waals surface area contributed by atoms with Gasteiger partial charge in [-0.2, -0.15) is 0 Å². The molecule has 2 aromatic carbocycles. The van der Waals surface area contributed by atoms with Gasteiger partial charge in [-0.15, -0.1) is 0 Å². The second-order valence-electron chi connectivity index (χ2n) is 4.53. The highest BCUT2D eigenvalue weighted by atomic mass is 16.3. The van der Waals surface area contributed by atoms with Gasteiger partial charge >= 0.3 is 0 Å². The summed E-state index contributed by atoms with van der Waals surface area (Å²) in [5.41, 5.74) is 7.41. The molecule has 98 valence electrons. The van der Waals surface area contributed by atoms with Crippen LogP contribution in [0.2, 0.25) is 0 Å². The first kappa shape index (κ1) is 13.5. The number of carbonyl (C=O) groups excluding carboxylic acids is 1. The Kier molecular flexibility index (Phi) is 4.44. The van der Waals surface area contributed by atoms with Gasteiger partial charge < -0.3 is 10.8 Å². The Morgan fingerprint density at radius 2 is 1.53 bits per heavy atom. The molecule has 2 aromatic rings. The van der Waals surface area contributed by atoms with Crippen molar-refractivity contribution in [2.24, 2.45) is 5.73 Å². The molecule has 0 spiro atoms. The van der Waals surface area contributed by atoms with Crippen LogP contribution in [-0.2, 0) is 6.42 Å². The molecule has 0 aliphatic carbocycles. The maximum atomic E-state index is 12.0. The molecule has 0 saturated carbocycles. The summed E-state index contributed by atoms with van der Waals surface area (Å²) in [6.45, 7) is 0. The molecule has 3 heteroatoms. The van der Waals surface area contributed by atoms with Crippen molar-refractivity contribution in [3.05, 3.63) is 71.8 Å². The minimum Gasteiger partial charge on any atom is -0.383 e. The van der Waals surface area contributed by atoms with Crippen molar-refractivity contribution in [1.82, 2.24) is 0 Å². The number of ketones is 1. The topological polar surface area (TPSA) is 63.3 Å². The molecule has 2 unspecified atom stereocenters. The third kappa shape index (κ3) is 3.50. The standard InChI is InChI=1S/C16H17NO2/c17-14(11-12-7-3-1-4-8-12)16(19)15(18)13-9-5-2-6-10-13/h1-10,14,16,19H,11,17H2. The Bertz CT molecular complexity index is 525. The fraction of sp³-hybridized carbons (Fsp3) is 0.188. The van der Waals surface area contributed by atoms with E-state index >= 15 is 0 Å². The van der Waals surface area contributed by atoms with E-state index in [2.05, 4.69) is 0 Å². The summed E-state index contributed by atoms with van der Waals surface area (Å²) in [4.78, 5) is 12.0. The number of rotatable bonds is 5. The highest BCUT2D eigenvalue weighted by Crippen LogP contribution is 2.09. The molecule has 0 amide bonds. The SMILES string of the molecule is NC(Cc1ccccc1)C(O)C(=O)c1ccccc1. The Morgan fingerprint density at radius 3 is 2.11 bits per heavy atom. The van der Waals surface area contributed by atoms with Crippen LogP contribution < -0.4 is 5.73 Å². The van der Waals surface area contributed by atoms with Crippen LogP contribution in [0.3, 0.4) is 0 Å². The van der Waals surface area contributed by atoms with Crippen molar-refractivity contribution in [2.75, 3.05) is 0 Å². The third-order valence-electron chi connectivity index (χ3n) is 3.05. The minimum atomic E-state index is -1.18. The molecule has 19 heavy (non-hydrogen) atoms. The molecule has 2 rings (SSSR count). The van der Waals surface area contributed by atoms with Crippen LogP contribution >= 0.6 is 0 Å². The lowest BCUT2D eigenvalue weighted by atomic mass is 9.96. The normalized spacial score (nSPS) is 13.8. The summed E-state index contributed by atoms with van der Waals surface area (Å²) < 4.78 is 0. The van der Waals surface area contributed by atoms with Crippen LogP contribution in [0.15, 0.2) is 60.7 Å². The van der Waals surface area contributed by atoms with Crippen LogP contribution in [0.25, 0.3) is 0 Å². The first-order chi connectivity index (χ1) is 9.18. The Hall–Kier alpha value is -1.97. The summed E-state index contributed by atoms with van der Waals surface area (Å²) in [6.07, 6.45) is -0.705. The summed E-state index contributed by atoms with van der Waals surface area (Å²) >= 11 is 0. The molecule has 0 saturated heterocycles. The Balaban J connectivity index is 2.03. The van der Waals surface area contributed by atoms with Crippen molar-refractivity contribution in [2.45, 2.75) is 18.6 Å². The second-order valence-corrected chi connectivity index (χ2v) is 4.53. The largest absolute Gasteiger partial charge is 0.383 e. The lowest BCUT2D eigenvalue weighted by Crippen LogP contribution is -2.42. The van der Waals surface area contributed by atoms with Gasteiger partial charge in [0, 0.05) is 11.6 Å². The summed E-state index contributed by atoms with van der Waals surface area (Å²) in [6, 6.07) is 17.7. The van der Waals surface area contributed by atoms with Crippen LogP contribution in [0, 0.1) is 0 Å². The second kappa shape index (κ2) is 6.27. The Labute approximate surface area is 112 Å². The number of hydrogen-bond donors (Lipinski definition) is 2. The van der Waals surface area contributed by atoms with E-state index < -0.39 is 12.1 Å². The number of aliphatic hydroxyl groups is 1.